The summed E-state index contributed by atoms with van der Waals surface area (Å²) in [6.45, 7) is 0.277. The van der Waals surface area contributed by atoms with Gasteiger partial charge in [0.1, 0.15) is 0 Å². The second-order valence-electron chi connectivity index (χ2n) is 5.09. The summed E-state index contributed by atoms with van der Waals surface area (Å²) in [5.41, 5.74) is 0.984. The highest BCUT2D eigenvalue weighted by Crippen LogP contribution is 2.29. The zero-order valence-electron chi connectivity index (χ0n) is 12.1. The number of aromatic nitrogens is 2. The van der Waals surface area contributed by atoms with Gasteiger partial charge in [0.2, 0.25) is 17.6 Å². The van der Waals surface area contributed by atoms with E-state index < -0.39 is 12.1 Å². The number of hydrogen-bond donors (Lipinski definition) is 1. The van der Waals surface area contributed by atoms with Crippen LogP contribution >= 0.6 is 0 Å². The standard InChI is InChI=1S/C14H11F3N4O3/c15-14(16,17)13-19-12(20-24-13)9-3-1-8(2-4-9)7-21-10(22)5-18-6-11(21)23/h1-4,18H,5-7H2. The molecule has 2 aromatic rings. The summed E-state index contributed by atoms with van der Waals surface area (Å²) in [6.07, 6.45) is -4.70. The second kappa shape index (κ2) is 6.04. The van der Waals surface area contributed by atoms with E-state index in [1.54, 1.807) is 12.1 Å². The molecule has 0 saturated carbocycles. The average molecular weight is 340 g/mol. The van der Waals surface area contributed by atoms with E-state index in [4.69, 9.17) is 0 Å². The van der Waals surface area contributed by atoms with Gasteiger partial charge in [-0.2, -0.15) is 18.2 Å². The van der Waals surface area contributed by atoms with E-state index in [2.05, 4.69) is 20.0 Å². The Morgan fingerprint density at radius 1 is 1.12 bits per heavy atom. The number of alkyl halides is 3. The van der Waals surface area contributed by atoms with Crippen LogP contribution in [0.3, 0.4) is 0 Å². The average Bonchev–Trinajstić information content (AvgIpc) is 3.02. The molecule has 24 heavy (non-hydrogen) atoms. The van der Waals surface area contributed by atoms with Gasteiger partial charge >= 0.3 is 12.1 Å². The quantitative estimate of drug-likeness (QED) is 0.845. The molecule has 0 spiro atoms. The third-order valence-electron chi connectivity index (χ3n) is 3.38. The Hall–Kier alpha value is -2.75. The first-order valence-electron chi connectivity index (χ1n) is 6.89. The lowest BCUT2D eigenvalue weighted by molar-refractivity contribution is -0.159. The molecule has 1 aromatic carbocycles. The van der Waals surface area contributed by atoms with Crippen molar-refractivity contribution in [3.63, 3.8) is 0 Å². The van der Waals surface area contributed by atoms with Gasteiger partial charge in [-0.25, -0.2) is 0 Å². The maximum Gasteiger partial charge on any atom is 0.471 e. The molecule has 1 fully saturated rings. The summed E-state index contributed by atoms with van der Waals surface area (Å²) in [6, 6.07) is 6.16. The van der Waals surface area contributed by atoms with E-state index >= 15 is 0 Å². The molecule has 1 aliphatic heterocycles. The fourth-order valence-electron chi connectivity index (χ4n) is 2.18. The number of hydrogen-bond acceptors (Lipinski definition) is 6. The molecule has 2 heterocycles. The molecule has 0 aliphatic carbocycles. The Morgan fingerprint density at radius 3 is 2.29 bits per heavy atom. The molecule has 0 atom stereocenters. The monoisotopic (exact) mass is 340 g/mol. The minimum Gasteiger partial charge on any atom is -0.329 e. The maximum absolute atomic E-state index is 12.4. The van der Waals surface area contributed by atoms with Crippen LogP contribution < -0.4 is 5.32 Å². The molecule has 0 unspecified atom stereocenters. The molecule has 126 valence electrons. The van der Waals surface area contributed by atoms with Gasteiger partial charge in [0, 0.05) is 5.56 Å². The second-order valence-corrected chi connectivity index (χ2v) is 5.09. The smallest absolute Gasteiger partial charge is 0.329 e. The largest absolute Gasteiger partial charge is 0.471 e. The molecule has 3 rings (SSSR count). The fraction of sp³-hybridized carbons (Fsp3) is 0.286. The Bertz CT molecular complexity index is 754. The summed E-state index contributed by atoms with van der Waals surface area (Å²) in [5, 5.41) is 5.97. The minimum absolute atomic E-state index is 0.0902. The molecule has 0 bridgehead atoms. The lowest BCUT2D eigenvalue weighted by Gasteiger charge is -2.25. The predicted octanol–water partition coefficient (Wildman–Crippen LogP) is 1.21. The first-order valence-corrected chi connectivity index (χ1v) is 6.89. The van der Waals surface area contributed by atoms with Crippen molar-refractivity contribution in [3.05, 3.63) is 35.7 Å². The van der Waals surface area contributed by atoms with E-state index in [-0.39, 0.29) is 37.3 Å². The van der Waals surface area contributed by atoms with Crippen LogP contribution in [0.25, 0.3) is 11.4 Å². The third-order valence-corrected chi connectivity index (χ3v) is 3.38. The van der Waals surface area contributed by atoms with Gasteiger partial charge in [-0.1, -0.05) is 29.4 Å². The Balaban J connectivity index is 1.75. The lowest BCUT2D eigenvalue weighted by Crippen LogP contribution is -2.51. The van der Waals surface area contributed by atoms with Gasteiger partial charge < -0.3 is 4.52 Å². The SMILES string of the molecule is O=C1CNCC(=O)N1Cc1ccc(-c2noc(C(F)(F)F)n2)cc1. The maximum atomic E-state index is 12.4. The third kappa shape index (κ3) is 3.27. The molecule has 1 N–H and O–H groups in total. The summed E-state index contributed by atoms with van der Waals surface area (Å²) < 4.78 is 41.5. The van der Waals surface area contributed by atoms with Gasteiger partial charge in [-0.05, 0) is 5.56 Å². The number of amides is 2. The molecule has 1 aromatic heterocycles. The topological polar surface area (TPSA) is 88.3 Å². The first-order chi connectivity index (χ1) is 11.3. The number of nitrogens with one attached hydrogen (secondary N) is 1. The van der Waals surface area contributed by atoms with E-state index in [9.17, 15) is 22.8 Å². The first kappa shape index (κ1) is 16.1. The highest BCUT2D eigenvalue weighted by Gasteiger charge is 2.38. The van der Waals surface area contributed by atoms with Gasteiger partial charge in [0.05, 0.1) is 19.6 Å². The highest BCUT2D eigenvalue weighted by molar-refractivity contribution is 5.99. The van der Waals surface area contributed by atoms with Crippen molar-refractivity contribution in [1.29, 1.82) is 0 Å². The molecule has 1 aliphatic rings. The molecule has 1 saturated heterocycles. The number of nitrogens with zero attached hydrogens (tertiary/aromatic N) is 3. The molecule has 7 nitrogen and oxygen atoms in total. The van der Waals surface area contributed by atoms with Crippen LogP contribution in [-0.2, 0) is 22.3 Å². The van der Waals surface area contributed by atoms with Crippen molar-refractivity contribution in [2.75, 3.05) is 13.1 Å². The number of piperazine rings is 1. The molecule has 2 amide bonds. The van der Waals surface area contributed by atoms with Gasteiger partial charge in [-0.15, -0.1) is 0 Å². The zero-order chi connectivity index (χ0) is 17.3. The lowest BCUT2D eigenvalue weighted by atomic mass is 10.1. The predicted molar refractivity (Wildman–Crippen MR) is 73.2 cm³/mol. The van der Waals surface area contributed by atoms with Crippen molar-refractivity contribution in [2.45, 2.75) is 12.7 Å². The number of benzene rings is 1. The summed E-state index contributed by atoms with van der Waals surface area (Å²) >= 11 is 0. The van der Waals surface area contributed by atoms with Crippen LogP contribution in [0, 0.1) is 0 Å². The van der Waals surface area contributed by atoms with Crippen LogP contribution in [0.15, 0.2) is 28.8 Å². The summed E-state index contributed by atoms with van der Waals surface area (Å²) in [4.78, 5) is 27.8. The number of carbonyl (C=O) groups excluding carboxylic acids is 2. The van der Waals surface area contributed by atoms with Crippen molar-refractivity contribution in [2.24, 2.45) is 0 Å². The van der Waals surface area contributed by atoms with Crippen molar-refractivity contribution in [3.8, 4) is 11.4 Å². The molecule has 10 heteroatoms. The van der Waals surface area contributed by atoms with Gasteiger partial charge in [-0.3, -0.25) is 19.8 Å². The summed E-state index contributed by atoms with van der Waals surface area (Å²) in [5.74, 6) is -2.27. The van der Waals surface area contributed by atoms with E-state index in [0.717, 1.165) is 4.90 Å². The van der Waals surface area contributed by atoms with Crippen molar-refractivity contribution >= 4 is 11.8 Å². The number of imide groups is 1. The van der Waals surface area contributed by atoms with Crippen LogP contribution in [0.2, 0.25) is 0 Å². The number of halogens is 3. The van der Waals surface area contributed by atoms with Gasteiger partial charge in [0.15, 0.2) is 0 Å². The normalized spacial score (nSPS) is 15.9. The minimum atomic E-state index is -4.70. The zero-order valence-corrected chi connectivity index (χ0v) is 12.1. The van der Waals surface area contributed by atoms with Crippen LogP contribution in [0.5, 0.6) is 0 Å². The Kier molecular flexibility index (Phi) is 4.06. The molecular formula is C14H11F3N4O3. The van der Waals surface area contributed by atoms with Gasteiger partial charge in [0.25, 0.3) is 0 Å². The van der Waals surface area contributed by atoms with Crippen LogP contribution in [0.1, 0.15) is 11.5 Å². The van der Waals surface area contributed by atoms with Crippen LogP contribution in [-0.4, -0.2) is 39.9 Å². The molecule has 0 radical (unpaired) electrons. The van der Waals surface area contributed by atoms with E-state index in [1.165, 1.54) is 12.1 Å². The Labute approximate surface area is 133 Å². The van der Waals surface area contributed by atoms with Crippen molar-refractivity contribution < 1.29 is 27.3 Å². The Morgan fingerprint density at radius 2 is 1.75 bits per heavy atom. The number of rotatable bonds is 3. The van der Waals surface area contributed by atoms with E-state index in [0.29, 0.717) is 11.1 Å². The van der Waals surface area contributed by atoms with Crippen LogP contribution in [0.4, 0.5) is 13.2 Å². The van der Waals surface area contributed by atoms with E-state index in [1.807, 2.05) is 0 Å². The fourth-order valence-corrected chi connectivity index (χ4v) is 2.18. The summed E-state index contributed by atoms with van der Waals surface area (Å²) in [7, 11) is 0. The number of carbonyl (C=O) groups is 2. The molecular weight excluding hydrogens is 329 g/mol. The highest BCUT2D eigenvalue weighted by atomic mass is 19.4. The van der Waals surface area contributed by atoms with Crippen molar-refractivity contribution in [1.82, 2.24) is 20.4 Å².